The van der Waals surface area contributed by atoms with E-state index >= 15 is 0 Å². The number of carbonyl (C=O) groups excluding carboxylic acids is 2. The predicted molar refractivity (Wildman–Crippen MR) is 154 cm³/mol. The maximum atomic E-state index is 11.7. The lowest BCUT2D eigenvalue weighted by Crippen LogP contribution is -2.34. The van der Waals surface area contributed by atoms with Crippen molar-refractivity contribution in [2.45, 2.75) is 105 Å². The van der Waals surface area contributed by atoms with Gasteiger partial charge in [0.2, 0.25) is 0 Å². The molecule has 5 N–H and O–H groups in total. The van der Waals surface area contributed by atoms with Gasteiger partial charge in [-0.2, -0.15) is 0 Å². The zero-order chi connectivity index (χ0) is 28.4. The number of hydrogen-bond acceptors (Lipinski definition) is 7. The van der Waals surface area contributed by atoms with Crippen molar-refractivity contribution in [3.63, 3.8) is 0 Å². The van der Waals surface area contributed by atoms with Crippen LogP contribution in [0.25, 0.3) is 0 Å². The Morgan fingerprint density at radius 1 is 0.605 bits per heavy atom. The Balaban J connectivity index is 2.46. The molecule has 0 saturated carbocycles. The Morgan fingerprint density at radius 3 is 1.26 bits per heavy atom. The van der Waals surface area contributed by atoms with E-state index in [-0.39, 0.29) is 12.2 Å². The van der Waals surface area contributed by atoms with E-state index in [1.165, 1.54) is 29.5 Å². The summed E-state index contributed by atoms with van der Waals surface area (Å²) in [6.07, 6.45) is 3.24. The van der Waals surface area contributed by atoms with Gasteiger partial charge in [0.05, 0.1) is 0 Å². The summed E-state index contributed by atoms with van der Waals surface area (Å²) in [5, 5.41) is 16.1. The van der Waals surface area contributed by atoms with Crippen LogP contribution in [-0.2, 0) is 29.1 Å². The zero-order valence-corrected chi connectivity index (χ0v) is 24.9. The molecule has 0 aliphatic heterocycles. The summed E-state index contributed by atoms with van der Waals surface area (Å²) >= 11 is 0. The third-order valence-corrected chi connectivity index (χ3v) is 5.20. The smallest absolute Gasteiger partial charge is 0.407 e. The molecule has 1 aromatic carbocycles. The summed E-state index contributed by atoms with van der Waals surface area (Å²) < 4.78 is 10.5. The van der Waals surface area contributed by atoms with E-state index in [4.69, 9.17) is 9.47 Å². The van der Waals surface area contributed by atoms with Crippen LogP contribution in [0.1, 0.15) is 90.8 Å². The van der Waals surface area contributed by atoms with Crippen LogP contribution in [-0.4, -0.2) is 56.1 Å². The molecule has 0 bridgehead atoms. The second-order valence-electron chi connectivity index (χ2n) is 11.6. The van der Waals surface area contributed by atoms with Gasteiger partial charge in [-0.25, -0.2) is 9.59 Å². The van der Waals surface area contributed by atoms with E-state index in [1.807, 2.05) is 41.5 Å². The topological polar surface area (TPSA) is 113 Å². The van der Waals surface area contributed by atoms with Crippen LogP contribution in [0.2, 0.25) is 0 Å². The maximum Gasteiger partial charge on any atom is 0.407 e. The molecule has 0 radical (unpaired) electrons. The van der Waals surface area contributed by atoms with Crippen LogP contribution in [0, 0.1) is 0 Å². The maximum absolute atomic E-state index is 11.7. The van der Waals surface area contributed by atoms with E-state index in [0.29, 0.717) is 13.1 Å². The Labute approximate surface area is 230 Å². The van der Waals surface area contributed by atoms with Crippen molar-refractivity contribution in [1.29, 1.82) is 0 Å². The molecule has 0 saturated heterocycles. The van der Waals surface area contributed by atoms with Crippen molar-refractivity contribution < 1.29 is 19.1 Å². The highest BCUT2D eigenvalue weighted by Crippen LogP contribution is 2.12. The first kappa shape index (κ1) is 33.7. The van der Waals surface area contributed by atoms with Gasteiger partial charge in [-0.3, -0.25) is 0 Å². The Hall–Kier alpha value is -2.36. The molecule has 0 aliphatic carbocycles. The van der Waals surface area contributed by atoms with Gasteiger partial charge < -0.3 is 36.1 Å². The number of unbranched alkanes of at least 4 members (excludes halogenated alkanes) is 1. The average molecular weight is 536 g/mol. The highest BCUT2D eigenvalue weighted by molar-refractivity contribution is 5.67. The number of rotatable bonds is 17. The van der Waals surface area contributed by atoms with E-state index in [0.717, 1.165) is 52.1 Å². The number of nitrogens with one attached hydrogen (secondary N) is 5. The van der Waals surface area contributed by atoms with Gasteiger partial charge in [0.15, 0.2) is 0 Å². The van der Waals surface area contributed by atoms with Gasteiger partial charge in [0.25, 0.3) is 0 Å². The lowest BCUT2D eigenvalue weighted by atomic mass is 10.0. The van der Waals surface area contributed by atoms with Gasteiger partial charge in [-0.15, -0.1) is 0 Å². The van der Waals surface area contributed by atoms with Crippen molar-refractivity contribution in [3.05, 3.63) is 34.9 Å². The molecule has 218 valence electrons. The Morgan fingerprint density at radius 2 is 0.947 bits per heavy atom. The van der Waals surface area contributed by atoms with E-state index in [9.17, 15) is 9.59 Å². The average Bonchev–Trinajstić information content (AvgIpc) is 2.79. The van der Waals surface area contributed by atoms with Crippen LogP contribution in [0.5, 0.6) is 0 Å². The van der Waals surface area contributed by atoms with E-state index < -0.39 is 11.2 Å². The SMILES string of the molecule is CCCCNCc1cc(CNCCCNC(=O)OC(C)(C)C)cc(CNCCCNC(=O)OC(C)(C)C)c1. The fourth-order valence-electron chi connectivity index (χ4n) is 3.58. The molecule has 1 aromatic rings. The first-order valence-electron chi connectivity index (χ1n) is 14.1. The third-order valence-electron chi connectivity index (χ3n) is 5.20. The molecular weight excluding hydrogens is 482 g/mol. The normalized spacial score (nSPS) is 11.8. The number of ether oxygens (including phenoxy) is 2. The summed E-state index contributed by atoms with van der Waals surface area (Å²) in [6, 6.07) is 6.73. The number of amides is 2. The number of hydrogen-bond donors (Lipinski definition) is 5. The first-order valence-corrected chi connectivity index (χ1v) is 14.1. The molecule has 9 nitrogen and oxygen atoms in total. The van der Waals surface area contributed by atoms with Crippen LogP contribution in [0.3, 0.4) is 0 Å². The summed E-state index contributed by atoms with van der Waals surface area (Å²) in [4.78, 5) is 23.5. The van der Waals surface area contributed by atoms with E-state index in [1.54, 1.807) is 0 Å². The fraction of sp³-hybridized carbons (Fsp3) is 0.724. The summed E-state index contributed by atoms with van der Waals surface area (Å²) in [6.45, 7) is 19.5. The number of benzene rings is 1. The van der Waals surface area contributed by atoms with Crippen LogP contribution in [0.15, 0.2) is 18.2 Å². The van der Waals surface area contributed by atoms with Gasteiger partial charge in [-0.1, -0.05) is 31.5 Å². The van der Waals surface area contributed by atoms with Crippen molar-refractivity contribution in [3.8, 4) is 0 Å². The summed E-state index contributed by atoms with van der Waals surface area (Å²) in [5.74, 6) is 0. The molecule has 0 heterocycles. The minimum Gasteiger partial charge on any atom is -0.444 e. The highest BCUT2D eigenvalue weighted by atomic mass is 16.6. The van der Waals surface area contributed by atoms with Crippen LogP contribution < -0.4 is 26.6 Å². The molecule has 2 amide bonds. The zero-order valence-electron chi connectivity index (χ0n) is 24.9. The molecule has 0 aromatic heterocycles. The lowest BCUT2D eigenvalue weighted by Gasteiger charge is -2.19. The van der Waals surface area contributed by atoms with Crippen LogP contribution in [0.4, 0.5) is 9.59 Å². The molecule has 0 fully saturated rings. The van der Waals surface area contributed by atoms with Crippen LogP contribution >= 0.6 is 0 Å². The Kier molecular flexibility index (Phi) is 16.0. The van der Waals surface area contributed by atoms with Crippen molar-refractivity contribution in [1.82, 2.24) is 26.6 Å². The van der Waals surface area contributed by atoms with Gasteiger partial charge >= 0.3 is 12.2 Å². The molecule has 1 rings (SSSR count). The predicted octanol–water partition coefficient (Wildman–Crippen LogP) is 4.59. The quantitative estimate of drug-likeness (QED) is 0.186. The molecule has 38 heavy (non-hydrogen) atoms. The minimum atomic E-state index is -0.484. The minimum absolute atomic E-state index is 0.376. The van der Waals surface area contributed by atoms with Crippen molar-refractivity contribution >= 4 is 12.2 Å². The second kappa shape index (κ2) is 18.0. The monoisotopic (exact) mass is 535 g/mol. The second-order valence-corrected chi connectivity index (χ2v) is 11.6. The number of alkyl carbamates (subject to hydrolysis) is 2. The lowest BCUT2D eigenvalue weighted by molar-refractivity contribution is 0.0515. The molecular formula is C29H53N5O4. The van der Waals surface area contributed by atoms with Gasteiger partial charge in [0.1, 0.15) is 11.2 Å². The molecule has 0 aliphatic rings. The summed E-state index contributed by atoms with van der Waals surface area (Å²) in [7, 11) is 0. The van der Waals surface area contributed by atoms with E-state index in [2.05, 4.69) is 51.7 Å². The fourth-order valence-corrected chi connectivity index (χ4v) is 3.58. The largest absolute Gasteiger partial charge is 0.444 e. The highest BCUT2D eigenvalue weighted by Gasteiger charge is 2.16. The third kappa shape index (κ3) is 18.8. The number of carbonyl (C=O) groups is 2. The van der Waals surface area contributed by atoms with Crippen molar-refractivity contribution in [2.24, 2.45) is 0 Å². The molecule has 9 heteroatoms. The molecule has 0 unspecified atom stereocenters. The van der Waals surface area contributed by atoms with Crippen molar-refractivity contribution in [2.75, 3.05) is 32.7 Å². The standard InChI is InChI=1S/C29H53N5O4/c1-8-9-12-30-20-23-17-24(21-31-13-10-15-33-26(35)37-28(2,3)4)19-25(18-23)22-32-14-11-16-34-27(36)38-29(5,6)7/h17-19,30-32H,8-16,20-22H2,1-7H3,(H,33,35)(H,34,36). The van der Waals surface area contributed by atoms with Gasteiger partial charge in [0, 0.05) is 32.7 Å². The Bertz CT molecular complexity index is 760. The molecule has 0 spiro atoms. The molecule has 0 atom stereocenters. The van der Waals surface area contributed by atoms with Gasteiger partial charge in [-0.05, 0) is 97.1 Å². The summed E-state index contributed by atoms with van der Waals surface area (Å²) in [5.41, 5.74) is 2.78. The first-order chi connectivity index (χ1) is 17.9.